The van der Waals surface area contributed by atoms with Gasteiger partial charge in [-0.15, -0.1) is 0 Å². The number of fused-ring (bicyclic) bond motifs is 2. The van der Waals surface area contributed by atoms with Crippen LogP contribution in [-0.4, -0.2) is 48.1 Å². The van der Waals surface area contributed by atoms with Gasteiger partial charge >= 0.3 is 6.18 Å². The zero-order valence-corrected chi connectivity index (χ0v) is 11.5. The van der Waals surface area contributed by atoms with Gasteiger partial charge in [-0.2, -0.15) is 13.2 Å². The molecular formula is C15H18F3NO2. The average Bonchev–Trinajstić information content (AvgIpc) is 2.40. The van der Waals surface area contributed by atoms with E-state index in [1.54, 1.807) is 0 Å². The zero-order chi connectivity index (χ0) is 15.1. The number of alkyl halides is 3. The number of likely N-dealkylation sites (tertiary alicyclic amines) is 1. The Morgan fingerprint density at radius 3 is 2.24 bits per heavy atom. The van der Waals surface area contributed by atoms with E-state index in [9.17, 15) is 18.3 Å². The minimum atomic E-state index is -4.61. The molecule has 2 aliphatic rings. The second-order valence-electron chi connectivity index (χ2n) is 5.93. The van der Waals surface area contributed by atoms with Crippen molar-refractivity contribution in [2.75, 3.05) is 26.3 Å². The second kappa shape index (κ2) is 5.26. The third kappa shape index (κ3) is 2.56. The van der Waals surface area contributed by atoms with E-state index in [4.69, 9.17) is 4.74 Å². The van der Waals surface area contributed by atoms with Crippen LogP contribution in [0.15, 0.2) is 30.3 Å². The van der Waals surface area contributed by atoms with Gasteiger partial charge in [0.1, 0.15) is 0 Å². The highest BCUT2D eigenvalue weighted by Gasteiger charge is 2.66. The summed E-state index contributed by atoms with van der Waals surface area (Å²) in [5.41, 5.74) is -1.55. The molecule has 0 aromatic heterocycles. The first-order valence-electron chi connectivity index (χ1n) is 7.04. The molecule has 1 N–H and O–H groups in total. The molecular weight excluding hydrogens is 283 g/mol. The lowest BCUT2D eigenvalue weighted by atomic mass is 9.71. The third-order valence-corrected chi connectivity index (χ3v) is 4.54. The van der Waals surface area contributed by atoms with Crippen molar-refractivity contribution < 1.29 is 23.0 Å². The maximum atomic E-state index is 13.3. The van der Waals surface area contributed by atoms with Gasteiger partial charge in [0.15, 0.2) is 5.60 Å². The van der Waals surface area contributed by atoms with Gasteiger partial charge in [-0.05, 0) is 5.56 Å². The van der Waals surface area contributed by atoms with E-state index in [-0.39, 0.29) is 26.3 Å². The highest BCUT2D eigenvalue weighted by molar-refractivity contribution is 5.15. The molecule has 2 saturated heterocycles. The van der Waals surface area contributed by atoms with E-state index >= 15 is 0 Å². The second-order valence-corrected chi connectivity index (χ2v) is 5.93. The molecule has 2 fully saturated rings. The molecule has 2 heterocycles. The average molecular weight is 301 g/mol. The lowest BCUT2D eigenvalue weighted by Gasteiger charge is -2.52. The Labute approximate surface area is 121 Å². The summed E-state index contributed by atoms with van der Waals surface area (Å²) >= 11 is 0. The topological polar surface area (TPSA) is 32.7 Å². The molecule has 2 aliphatic heterocycles. The SMILES string of the molecule is OC1(C(F)(F)F)C2COCC1CN(Cc1ccccc1)C2. The van der Waals surface area contributed by atoms with Crippen LogP contribution >= 0.6 is 0 Å². The van der Waals surface area contributed by atoms with E-state index in [1.807, 2.05) is 35.2 Å². The van der Waals surface area contributed by atoms with Gasteiger partial charge in [0.25, 0.3) is 0 Å². The zero-order valence-electron chi connectivity index (χ0n) is 11.5. The molecule has 0 aliphatic carbocycles. The number of hydrogen-bond donors (Lipinski definition) is 1. The lowest BCUT2D eigenvalue weighted by molar-refractivity contribution is -0.336. The van der Waals surface area contributed by atoms with E-state index in [0.29, 0.717) is 6.54 Å². The van der Waals surface area contributed by atoms with Gasteiger partial charge in [0.2, 0.25) is 0 Å². The summed E-state index contributed by atoms with van der Waals surface area (Å²) in [5, 5.41) is 10.2. The quantitative estimate of drug-likeness (QED) is 0.907. The Balaban J connectivity index is 1.78. The van der Waals surface area contributed by atoms with Crippen LogP contribution in [0.2, 0.25) is 0 Å². The smallest absolute Gasteiger partial charge is 0.381 e. The minimum Gasteiger partial charge on any atom is -0.381 e. The van der Waals surface area contributed by atoms with Gasteiger partial charge in [-0.25, -0.2) is 0 Å². The first kappa shape index (κ1) is 14.8. The third-order valence-electron chi connectivity index (χ3n) is 4.54. The summed E-state index contributed by atoms with van der Waals surface area (Å²) in [5.74, 6) is -1.84. The molecule has 0 radical (unpaired) electrons. The minimum absolute atomic E-state index is 0.0438. The summed E-state index contributed by atoms with van der Waals surface area (Å²) < 4.78 is 45.1. The molecule has 6 heteroatoms. The van der Waals surface area contributed by atoms with Gasteiger partial charge < -0.3 is 9.84 Å². The Hall–Kier alpha value is -1.11. The van der Waals surface area contributed by atoms with E-state index < -0.39 is 23.6 Å². The van der Waals surface area contributed by atoms with Crippen LogP contribution < -0.4 is 0 Å². The summed E-state index contributed by atoms with van der Waals surface area (Å²) in [6, 6.07) is 9.64. The maximum Gasteiger partial charge on any atom is 0.418 e. The number of benzene rings is 1. The number of hydrogen-bond acceptors (Lipinski definition) is 3. The molecule has 3 nitrogen and oxygen atoms in total. The Bertz CT molecular complexity index is 477. The van der Waals surface area contributed by atoms with Crippen molar-refractivity contribution in [2.24, 2.45) is 11.8 Å². The number of halogens is 3. The number of ether oxygens (including phenoxy) is 1. The van der Waals surface area contributed by atoms with Crippen molar-refractivity contribution in [3.05, 3.63) is 35.9 Å². The first-order chi connectivity index (χ1) is 9.91. The largest absolute Gasteiger partial charge is 0.418 e. The van der Waals surface area contributed by atoms with Crippen LogP contribution in [0.25, 0.3) is 0 Å². The van der Waals surface area contributed by atoms with Crippen LogP contribution in [0.5, 0.6) is 0 Å². The molecule has 21 heavy (non-hydrogen) atoms. The Morgan fingerprint density at radius 2 is 1.71 bits per heavy atom. The summed E-state index contributed by atoms with van der Waals surface area (Å²) in [7, 11) is 0. The van der Waals surface area contributed by atoms with Gasteiger partial charge in [0.05, 0.1) is 13.2 Å². The molecule has 1 aromatic rings. The van der Waals surface area contributed by atoms with E-state index in [0.717, 1.165) is 5.56 Å². The monoisotopic (exact) mass is 301 g/mol. The molecule has 3 rings (SSSR count). The van der Waals surface area contributed by atoms with Crippen molar-refractivity contribution in [3.63, 3.8) is 0 Å². The molecule has 0 spiro atoms. The standard InChI is InChI=1S/C15H18F3NO2/c16-15(17,18)14(20)12-7-19(8-13(14)10-21-9-12)6-11-4-2-1-3-5-11/h1-5,12-13,20H,6-10H2. The van der Waals surface area contributed by atoms with Crippen LogP contribution in [0.1, 0.15) is 5.56 Å². The normalized spacial score (nSPS) is 33.9. The van der Waals surface area contributed by atoms with Crippen molar-refractivity contribution in [1.82, 2.24) is 4.90 Å². The molecule has 2 bridgehead atoms. The van der Waals surface area contributed by atoms with Gasteiger partial charge in [0, 0.05) is 31.5 Å². The fourth-order valence-corrected chi connectivity index (χ4v) is 3.46. The van der Waals surface area contributed by atoms with Gasteiger partial charge in [-0.1, -0.05) is 30.3 Å². The maximum absolute atomic E-state index is 13.3. The lowest BCUT2D eigenvalue weighted by Crippen LogP contribution is -2.69. The summed E-state index contributed by atoms with van der Waals surface area (Å²) in [6.45, 7) is 0.903. The summed E-state index contributed by atoms with van der Waals surface area (Å²) in [4.78, 5) is 1.98. The highest BCUT2D eigenvalue weighted by atomic mass is 19.4. The number of nitrogens with zero attached hydrogens (tertiary/aromatic N) is 1. The Morgan fingerprint density at radius 1 is 1.14 bits per heavy atom. The Kier molecular flexibility index (Phi) is 3.71. The predicted octanol–water partition coefficient (Wildman–Crippen LogP) is 2.06. The highest BCUT2D eigenvalue weighted by Crippen LogP contribution is 2.47. The van der Waals surface area contributed by atoms with Crippen LogP contribution in [0.4, 0.5) is 13.2 Å². The summed E-state index contributed by atoms with van der Waals surface area (Å²) in [6.07, 6.45) is -4.61. The molecule has 2 unspecified atom stereocenters. The fraction of sp³-hybridized carbons (Fsp3) is 0.600. The van der Waals surface area contributed by atoms with Crippen molar-refractivity contribution in [1.29, 1.82) is 0 Å². The molecule has 0 amide bonds. The van der Waals surface area contributed by atoms with Crippen LogP contribution in [0, 0.1) is 11.8 Å². The van der Waals surface area contributed by atoms with Crippen molar-refractivity contribution in [3.8, 4) is 0 Å². The molecule has 1 aromatic carbocycles. The predicted molar refractivity (Wildman–Crippen MR) is 70.5 cm³/mol. The number of piperidine rings is 1. The fourth-order valence-electron chi connectivity index (χ4n) is 3.46. The molecule has 116 valence electrons. The molecule has 2 atom stereocenters. The first-order valence-corrected chi connectivity index (χ1v) is 7.04. The molecule has 0 saturated carbocycles. The van der Waals surface area contributed by atoms with Crippen molar-refractivity contribution >= 4 is 0 Å². The number of aliphatic hydroxyl groups is 1. The van der Waals surface area contributed by atoms with Crippen LogP contribution in [0.3, 0.4) is 0 Å². The van der Waals surface area contributed by atoms with Crippen LogP contribution in [-0.2, 0) is 11.3 Å². The van der Waals surface area contributed by atoms with Crippen molar-refractivity contribution in [2.45, 2.75) is 18.3 Å². The van der Waals surface area contributed by atoms with E-state index in [2.05, 4.69) is 0 Å². The van der Waals surface area contributed by atoms with Gasteiger partial charge in [-0.3, -0.25) is 4.90 Å². The van der Waals surface area contributed by atoms with E-state index in [1.165, 1.54) is 0 Å². The number of rotatable bonds is 2.